The molecular formula is C15H19N3O2S. The van der Waals surface area contributed by atoms with Crippen LogP contribution in [0.1, 0.15) is 18.4 Å². The summed E-state index contributed by atoms with van der Waals surface area (Å²) < 4.78 is 25.4. The van der Waals surface area contributed by atoms with E-state index in [4.69, 9.17) is 0 Å². The predicted octanol–water partition coefficient (Wildman–Crippen LogP) is 1.54. The largest absolute Gasteiger partial charge is 0.311 e. The predicted molar refractivity (Wildman–Crippen MR) is 82.1 cm³/mol. The molecule has 6 heteroatoms. The van der Waals surface area contributed by atoms with E-state index in [-0.39, 0.29) is 5.25 Å². The molecule has 1 unspecified atom stereocenters. The van der Waals surface area contributed by atoms with Crippen molar-refractivity contribution in [3.63, 3.8) is 0 Å². The van der Waals surface area contributed by atoms with Gasteiger partial charge in [-0.25, -0.2) is 13.4 Å². The lowest BCUT2D eigenvalue weighted by Crippen LogP contribution is -2.30. The van der Waals surface area contributed by atoms with Crippen LogP contribution < -0.4 is 5.32 Å². The molecule has 0 aliphatic carbocycles. The van der Waals surface area contributed by atoms with Crippen LogP contribution in [0.2, 0.25) is 0 Å². The fourth-order valence-corrected chi connectivity index (χ4v) is 4.46. The highest BCUT2D eigenvalue weighted by Gasteiger charge is 2.30. The third-order valence-corrected chi connectivity index (χ3v) is 6.18. The quantitative estimate of drug-likeness (QED) is 0.910. The van der Waals surface area contributed by atoms with E-state index < -0.39 is 9.84 Å². The van der Waals surface area contributed by atoms with E-state index in [2.05, 4.69) is 10.3 Å². The van der Waals surface area contributed by atoms with Gasteiger partial charge in [0.15, 0.2) is 9.84 Å². The van der Waals surface area contributed by atoms with Crippen LogP contribution in [0.3, 0.4) is 0 Å². The van der Waals surface area contributed by atoms with E-state index in [0.717, 1.165) is 24.1 Å². The molecule has 1 atom stereocenters. The summed E-state index contributed by atoms with van der Waals surface area (Å²) >= 11 is 0. The third kappa shape index (κ3) is 3.33. The molecule has 1 saturated heterocycles. The number of rotatable bonds is 5. The Morgan fingerprint density at radius 1 is 1.29 bits per heavy atom. The molecule has 1 aliphatic rings. The monoisotopic (exact) mass is 305 g/mol. The minimum absolute atomic E-state index is 0.206. The summed E-state index contributed by atoms with van der Waals surface area (Å²) in [5.41, 5.74) is 2.21. The van der Waals surface area contributed by atoms with Crippen LogP contribution >= 0.6 is 0 Å². The zero-order chi connectivity index (χ0) is 14.7. The van der Waals surface area contributed by atoms with Gasteiger partial charge in [-0.3, -0.25) is 0 Å². The van der Waals surface area contributed by atoms with Crippen LogP contribution in [0.5, 0.6) is 0 Å². The lowest BCUT2D eigenvalue weighted by molar-refractivity contribution is 0.574. The molecule has 21 heavy (non-hydrogen) atoms. The van der Waals surface area contributed by atoms with E-state index in [1.807, 2.05) is 35.0 Å². The zero-order valence-electron chi connectivity index (χ0n) is 11.8. The molecule has 2 heterocycles. The molecule has 2 aromatic rings. The average Bonchev–Trinajstić information content (AvgIpc) is 3.10. The number of imidazole rings is 1. The van der Waals surface area contributed by atoms with Crippen molar-refractivity contribution < 1.29 is 8.42 Å². The molecule has 0 amide bonds. The number of nitrogens with zero attached hydrogens (tertiary/aromatic N) is 2. The van der Waals surface area contributed by atoms with E-state index in [1.165, 1.54) is 0 Å². The summed E-state index contributed by atoms with van der Waals surface area (Å²) in [6, 6.07) is 8.16. The minimum Gasteiger partial charge on any atom is -0.311 e. The van der Waals surface area contributed by atoms with Crippen molar-refractivity contribution in [2.45, 2.75) is 24.6 Å². The summed E-state index contributed by atoms with van der Waals surface area (Å²) in [7, 11) is -2.85. The number of benzene rings is 1. The van der Waals surface area contributed by atoms with Crippen molar-refractivity contribution in [2.24, 2.45) is 0 Å². The van der Waals surface area contributed by atoms with Gasteiger partial charge in [-0.1, -0.05) is 12.1 Å². The lowest BCUT2D eigenvalue weighted by Gasteiger charge is -2.11. The fourth-order valence-electron chi connectivity index (χ4n) is 2.66. The van der Waals surface area contributed by atoms with Gasteiger partial charge in [-0.2, -0.15) is 0 Å². The highest BCUT2D eigenvalue weighted by atomic mass is 32.2. The van der Waals surface area contributed by atoms with Gasteiger partial charge in [-0.05, 0) is 30.5 Å². The molecule has 1 aromatic heterocycles. The third-order valence-electron chi connectivity index (χ3n) is 3.90. The van der Waals surface area contributed by atoms with E-state index in [9.17, 15) is 8.42 Å². The van der Waals surface area contributed by atoms with Gasteiger partial charge in [0.2, 0.25) is 0 Å². The van der Waals surface area contributed by atoms with Crippen molar-refractivity contribution in [3.8, 4) is 5.69 Å². The van der Waals surface area contributed by atoms with Gasteiger partial charge in [0.25, 0.3) is 0 Å². The van der Waals surface area contributed by atoms with Crippen LogP contribution in [0.15, 0.2) is 43.0 Å². The summed E-state index contributed by atoms with van der Waals surface area (Å²) in [5.74, 6) is 0.346. The van der Waals surface area contributed by atoms with Crippen molar-refractivity contribution in [1.82, 2.24) is 14.9 Å². The molecule has 1 aromatic carbocycles. The molecule has 1 aliphatic heterocycles. The Balaban J connectivity index is 1.54. The zero-order valence-corrected chi connectivity index (χ0v) is 12.6. The van der Waals surface area contributed by atoms with Gasteiger partial charge in [0.1, 0.15) is 0 Å². The summed E-state index contributed by atoms with van der Waals surface area (Å²) in [6.45, 7) is 1.24. The Morgan fingerprint density at radius 3 is 2.71 bits per heavy atom. The second-order valence-electron chi connectivity index (χ2n) is 5.40. The van der Waals surface area contributed by atoms with Gasteiger partial charge >= 0.3 is 0 Å². The maximum Gasteiger partial charge on any atom is 0.154 e. The van der Waals surface area contributed by atoms with Gasteiger partial charge < -0.3 is 9.88 Å². The Kier molecular flexibility index (Phi) is 4.07. The Bertz CT molecular complexity index is 678. The number of hydrogen-bond donors (Lipinski definition) is 1. The highest BCUT2D eigenvalue weighted by Crippen LogP contribution is 2.19. The van der Waals surface area contributed by atoms with Crippen LogP contribution in [0, 0.1) is 0 Å². The normalized spacial score (nSPS) is 20.7. The van der Waals surface area contributed by atoms with Gasteiger partial charge in [0.05, 0.1) is 17.3 Å². The number of nitrogens with one attached hydrogen (secondary N) is 1. The SMILES string of the molecule is O=S1(=O)CCCC1CNCc1ccc(-n2ccnc2)cc1. The number of aromatic nitrogens is 2. The minimum atomic E-state index is -2.85. The Labute approximate surface area is 124 Å². The maximum atomic E-state index is 11.7. The lowest BCUT2D eigenvalue weighted by atomic mass is 10.2. The first kappa shape index (κ1) is 14.3. The first-order valence-electron chi connectivity index (χ1n) is 7.15. The second-order valence-corrected chi connectivity index (χ2v) is 7.80. The van der Waals surface area contributed by atoms with Gasteiger partial charge in [-0.15, -0.1) is 0 Å². The van der Waals surface area contributed by atoms with Crippen LogP contribution in [0.25, 0.3) is 5.69 Å². The van der Waals surface area contributed by atoms with Crippen LogP contribution in [0.4, 0.5) is 0 Å². The van der Waals surface area contributed by atoms with Crippen molar-refractivity contribution in [3.05, 3.63) is 48.5 Å². The van der Waals surface area contributed by atoms with E-state index in [0.29, 0.717) is 18.8 Å². The molecule has 0 saturated carbocycles. The number of sulfone groups is 1. The molecule has 3 rings (SSSR count). The fraction of sp³-hybridized carbons (Fsp3) is 0.400. The maximum absolute atomic E-state index is 11.7. The summed E-state index contributed by atoms with van der Waals surface area (Å²) in [4.78, 5) is 4.02. The molecule has 1 N–H and O–H groups in total. The smallest absolute Gasteiger partial charge is 0.154 e. The Morgan fingerprint density at radius 2 is 2.10 bits per heavy atom. The molecule has 0 bridgehead atoms. The summed E-state index contributed by atoms with van der Waals surface area (Å²) in [6.07, 6.45) is 7.00. The van der Waals surface area contributed by atoms with Crippen molar-refractivity contribution in [1.29, 1.82) is 0 Å². The molecule has 5 nitrogen and oxygen atoms in total. The summed E-state index contributed by atoms with van der Waals surface area (Å²) in [5, 5.41) is 3.05. The molecular weight excluding hydrogens is 286 g/mol. The first-order chi connectivity index (χ1) is 10.1. The Hall–Kier alpha value is -1.66. The van der Waals surface area contributed by atoms with Crippen LogP contribution in [-0.4, -0.2) is 35.5 Å². The second kappa shape index (κ2) is 5.99. The van der Waals surface area contributed by atoms with Crippen LogP contribution in [-0.2, 0) is 16.4 Å². The van der Waals surface area contributed by atoms with Crippen molar-refractivity contribution >= 4 is 9.84 Å². The van der Waals surface area contributed by atoms with Gasteiger partial charge in [0, 0.05) is 31.2 Å². The van der Waals surface area contributed by atoms with E-state index >= 15 is 0 Å². The standard InChI is InChI=1S/C15H19N3O2S/c19-21(20)9-1-2-15(21)11-17-10-13-3-5-14(6-4-13)18-8-7-16-12-18/h3-8,12,15,17H,1-2,9-11H2. The molecule has 112 valence electrons. The van der Waals surface area contributed by atoms with Crippen molar-refractivity contribution in [2.75, 3.05) is 12.3 Å². The molecule has 0 spiro atoms. The van der Waals surface area contributed by atoms with E-state index in [1.54, 1.807) is 12.5 Å². The first-order valence-corrected chi connectivity index (χ1v) is 8.86. The highest BCUT2D eigenvalue weighted by molar-refractivity contribution is 7.92. The average molecular weight is 305 g/mol. The topological polar surface area (TPSA) is 64.0 Å². The number of hydrogen-bond acceptors (Lipinski definition) is 4. The molecule has 0 radical (unpaired) electrons. The molecule has 1 fully saturated rings.